The van der Waals surface area contributed by atoms with Crippen LogP contribution in [0.25, 0.3) is 0 Å². The Kier molecular flexibility index (Phi) is 6.31. The minimum Gasteiger partial charge on any atom is -0.492 e. The maximum atomic E-state index is 12.6. The van der Waals surface area contributed by atoms with E-state index in [9.17, 15) is 9.59 Å². The highest BCUT2D eigenvalue weighted by Crippen LogP contribution is 2.24. The Morgan fingerprint density at radius 1 is 1.10 bits per heavy atom. The van der Waals surface area contributed by atoms with Gasteiger partial charge in [0.1, 0.15) is 18.1 Å². The van der Waals surface area contributed by atoms with Crippen molar-refractivity contribution in [3.8, 4) is 5.75 Å². The summed E-state index contributed by atoms with van der Waals surface area (Å²) in [6.45, 7) is 4.91. The van der Waals surface area contributed by atoms with Gasteiger partial charge in [0.25, 0.3) is 11.5 Å². The molecule has 0 radical (unpaired) electrons. The molecule has 1 atom stereocenters. The molecule has 3 aromatic rings. The summed E-state index contributed by atoms with van der Waals surface area (Å²) < 4.78 is 6.86. The van der Waals surface area contributed by atoms with E-state index in [1.54, 1.807) is 0 Å². The van der Waals surface area contributed by atoms with Crippen LogP contribution in [0.15, 0.2) is 71.5 Å². The minimum atomic E-state index is -0.361. The first kappa shape index (κ1) is 20.7. The monoisotopic (exact) mass is 418 g/mol. The van der Waals surface area contributed by atoms with Gasteiger partial charge in [0.15, 0.2) is 0 Å². The Bertz CT molecular complexity index is 1080. The number of hydrogen-bond donors (Lipinski definition) is 1. The largest absolute Gasteiger partial charge is 0.492 e. The summed E-state index contributed by atoms with van der Waals surface area (Å²) in [7, 11) is 0. The molecule has 7 heteroatoms. The number of carbonyl (C=O) groups is 1. The molecule has 0 aliphatic carbocycles. The molecule has 0 spiro atoms. The number of aromatic nitrogens is 2. The van der Waals surface area contributed by atoms with E-state index in [1.807, 2.05) is 54.6 Å². The number of para-hydroxylation sites is 1. The quantitative estimate of drug-likeness (QED) is 0.636. The van der Waals surface area contributed by atoms with E-state index in [4.69, 9.17) is 4.74 Å². The third kappa shape index (κ3) is 5.31. The van der Waals surface area contributed by atoms with E-state index in [0.29, 0.717) is 11.6 Å². The van der Waals surface area contributed by atoms with Gasteiger partial charge in [0.2, 0.25) is 0 Å². The molecule has 1 aromatic heterocycles. The van der Waals surface area contributed by atoms with Crippen LogP contribution >= 0.6 is 0 Å². The Morgan fingerprint density at radius 3 is 2.58 bits per heavy atom. The molecule has 0 saturated carbocycles. The zero-order valence-electron chi connectivity index (χ0n) is 17.5. The van der Waals surface area contributed by atoms with Crippen molar-refractivity contribution < 1.29 is 9.53 Å². The average molecular weight is 418 g/mol. The lowest BCUT2D eigenvalue weighted by Gasteiger charge is -2.18. The fourth-order valence-electron chi connectivity index (χ4n) is 3.62. The lowest BCUT2D eigenvalue weighted by molar-refractivity contribution is 0.101. The standard InChI is InChI=1S/C24H26N4O3/c1-18-13-14-27(17-18)20-9-7-19(8-10-20)25-24(30)22-11-12-23(29)28(26-22)15-16-31-21-5-3-2-4-6-21/h2-12,18H,13-17H2,1H3,(H,25,30). The number of ether oxygens (including phenoxy) is 1. The predicted octanol–water partition coefficient (Wildman–Crippen LogP) is 3.42. The fraction of sp³-hybridized carbons (Fsp3) is 0.292. The van der Waals surface area contributed by atoms with Crippen molar-refractivity contribution in [2.24, 2.45) is 5.92 Å². The molecule has 4 rings (SSSR count). The van der Waals surface area contributed by atoms with Gasteiger partial charge in [-0.2, -0.15) is 5.10 Å². The number of carbonyl (C=O) groups excluding carboxylic acids is 1. The van der Waals surface area contributed by atoms with E-state index >= 15 is 0 Å². The van der Waals surface area contributed by atoms with Crippen molar-refractivity contribution in [2.75, 3.05) is 29.9 Å². The molecule has 160 valence electrons. The second kappa shape index (κ2) is 9.47. The van der Waals surface area contributed by atoms with E-state index < -0.39 is 0 Å². The van der Waals surface area contributed by atoms with Crippen molar-refractivity contribution in [2.45, 2.75) is 19.9 Å². The van der Waals surface area contributed by atoms with Crippen molar-refractivity contribution in [3.63, 3.8) is 0 Å². The summed E-state index contributed by atoms with van der Waals surface area (Å²) in [6.07, 6.45) is 1.20. The van der Waals surface area contributed by atoms with Crippen LogP contribution in [0.2, 0.25) is 0 Å². The van der Waals surface area contributed by atoms with E-state index in [1.165, 1.54) is 23.2 Å². The normalized spacial score (nSPS) is 15.6. The van der Waals surface area contributed by atoms with Gasteiger partial charge in [-0.3, -0.25) is 9.59 Å². The number of anilines is 2. The zero-order chi connectivity index (χ0) is 21.6. The Morgan fingerprint density at radius 2 is 1.87 bits per heavy atom. The van der Waals surface area contributed by atoms with E-state index in [2.05, 4.69) is 22.2 Å². The van der Waals surface area contributed by atoms with Gasteiger partial charge in [0.05, 0.1) is 6.54 Å². The topological polar surface area (TPSA) is 76.5 Å². The number of rotatable bonds is 7. The second-order valence-electron chi connectivity index (χ2n) is 7.78. The fourth-order valence-corrected chi connectivity index (χ4v) is 3.62. The summed E-state index contributed by atoms with van der Waals surface area (Å²) >= 11 is 0. The zero-order valence-corrected chi connectivity index (χ0v) is 17.5. The molecule has 1 amide bonds. The van der Waals surface area contributed by atoms with Gasteiger partial charge >= 0.3 is 0 Å². The van der Waals surface area contributed by atoms with Crippen molar-refractivity contribution in [1.82, 2.24) is 9.78 Å². The van der Waals surface area contributed by atoms with Gasteiger partial charge < -0.3 is 15.0 Å². The first-order valence-corrected chi connectivity index (χ1v) is 10.5. The number of amides is 1. The number of nitrogens with zero attached hydrogens (tertiary/aromatic N) is 3. The van der Waals surface area contributed by atoms with Crippen LogP contribution in [0.5, 0.6) is 5.75 Å². The summed E-state index contributed by atoms with van der Waals surface area (Å²) in [5.41, 5.74) is 1.74. The number of hydrogen-bond acceptors (Lipinski definition) is 5. The SMILES string of the molecule is CC1CCN(c2ccc(NC(=O)c3ccc(=O)n(CCOc4ccccc4)n3)cc2)C1. The molecule has 1 fully saturated rings. The molecule has 1 N–H and O–H groups in total. The average Bonchev–Trinajstić information content (AvgIpc) is 3.22. The molecule has 1 unspecified atom stereocenters. The summed E-state index contributed by atoms with van der Waals surface area (Å²) in [5.74, 6) is 1.07. The first-order chi connectivity index (χ1) is 15.1. The van der Waals surface area contributed by atoms with E-state index in [-0.39, 0.29) is 30.3 Å². The molecule has 1 aliphatic heterocycles. The molecular formula is C24H26N4O3. The summed E-state index contributed by atoms with van der Waals surface area (Å²) in [6, 6.07) is 19.9. The highest BCUT2D eigenvalue weighted by atomic mass is 16.5. The van der Waals surface area contributed by atoms with Crippen LogP contribution in [-0.2, 0) is 6.54 Å². The van der Waals surface area contributed by atoms with Crippen LogP contribution in [0.1, 0.15) is 23.8 Å². The van der Waals surface area contributed by atoms with Gasteiger partial charge in [0, 0.05) is 30.5 Å². The molecule has 31 heavy (non-hydrogen) atoms. The molecule has 0 bridgehead atoms. The summed E-state index contributed by atoms with van der Waals surface area (Å²) in [4.78, 5) is 27.1. The van der Waals surface area contributed by atoms with Gasteiger partial charge in [-0.05, 0) is 54.8 Å². The Labute approximate surface area is 181 Å². The molecule has 1 saturated heterocycles. The Balaban J connectivity index is 1.37. The van der Waals surface area contributed by atoms with E-state index in [0.717, 1.165) is 24.5 Å². The molecule has 2 aromatic carbocycles. The maximum Gasteiger partial charge on any atom is 0.276 e. The highest BCUT2D eigenvalue weighted by Gasteiger charge is 2.18. The third-order valence-electron chi connectivity index (χ3n) is 5.33. The van der Waals surface area contributed by atoms with Crippen molar-refractivity contribution in [1.29, 1.82) is 0 Å². The Hall–Kier alpha value is -3.61. The molecule has 7 nitrogen and oxygen atoms in total. The van der Waals surface area contributed by atoms with Crippen LogP contribution in [-0.4, -0.2) is 35.4 Å². The molecular weight excluding hydrogens is 392 g/mol. The van der Waals surface area contributed by atoms with Crippen LogP contribution in [0.4, 0.5) is 11.4 Å². The first-order valence-electron chi connectivity index (χ1n) is 10.5. The smallest absolute Gasteiger partial charge is 0.276 e. The predicted molar refractivity (Wildman–Crippen MR) is 121 cm³/mol. The van der Waals surface area contributed by atoms with Gasteiger partial charge in [-0.1, -0.05) is 25.1 Å². The second-order valence-corrected chi connectivity index (χ2v) is 7.78. The minimum absolute atomic E-state index is 0.178. The van der Waals surface area contributed by atoms with Crippen LogP contribution in [0, 0.1) is 5.92 Å². The third-order valence-corrected chi connectivity index (χ3v) is 5.33. The highest BCUT2D eigenvalue weighted by molar-refractivity contribution is 6.02. The molecule has 1 aliphatic rings. The van der Waals surface area contributed by atoms with Crippen LogP contribution < -0.4 is 20.5 Å². The van der Waals surface area contributed by atoms with Crippen molar-refractivity contribution in [3.05, 3.63) is 82.8 Å². The lowest BCUT2D eigenvalue weighted by atomic mass is 10.2. The number of nitrogens with one attached hydrogen (secondary N) is 1. The lowest BCUT2D eigenvalue weighted by Crippen LogP contribution is -2.28. The maximum absolute atomic E-state index is 12.6. The number of benzene rings is 2. The van der Waals surface area contributed by atoms with Crippen molar-refractivity contribution >= 4 is 17.3 Å². The summed E-state index contributed by atoms with van der Waals surface area (Å²) in [5, 5.41) is 7.04. The van der Waals surface area contributed by atoms with Gasteiger partial charge in [-0.15, -0.1) is 0 Å². The molecule has 2 heterocycles. The van der Waals surface area contributed by atoms with Crippen LogP contribution in [0.3, 0.4) is 0 Å². The van der Waals surface area contributed by atoms with Gasteiger partial charge in [-0.25, -0.2) is 4.68 Å².